The third kappa shape index (κ3) is 3.81. The lowest BCUT2D eigenvalue weighted by molar-refractivity contribution is 0.277. The topological polar surface area (TPSA) is 29.3 Å². The Morgan fingerprint density at radius 3 is 2.89 bits per heavy atom. The molecule has 2 rings (SSSR count). The number of hydrogen-bond acceptors (Lipinski definition) is 3. The van der Waals surface area contributed by atoms with Gasteiger partial charge in [-0.15, -0.1) is 0 Å². The number of halogens is 1. The van der Waals surface area contributed by atoms with E-state index in [0.29, 0.717) is 9.77 Å². The molecule has 0 saturated carbocycles. The predicted octanol–water partition coefficient (Wildman–Crippen LogP) is 3.64. The Labute approximate surface area is 119 Å². The lowest BCUT2D eigenvalue weighted by Gasteiger charge is -2.23. The SMILES string of the molecule is CC1(C)CCN(Cc2ccc(Cl)cc2N)CCS1. The highest BCUT2D eigenvalue weighted by Crippen LogP contribution is 2.31. The molecule has 0 spiro atoms. The van der Waals surface area contributed by atoms with Gasteiger partial charge in [0.2, 0.25) is 0 Å². The van der Waals surface area contributed by atoms with Gasteiger partial charge in [0.15, 0.2) is 0 Å². The van der Waals surface area contributed by atoms with Crippen LogP contribution in [-0.4, -0.2) is 28.5 Å². The van der Waals surface area contributed by atoms with Gasteiger partial charge in [0.1, 0.15) is 0 Å². The van der Waals surface area contributed by atoms with Crippen LogP contribution in [-0.2, 0) is 6.54 Å². The van der Waals surface area contributed by atoms with Gasteiger partial charge >= 0.3 is 0 Å². The van der Waals surface area contributed by atoms with E-state index in [0.717, 1.165) is 25.3 Å². The van der Waals surface area contributed by atoms with Gasteiger partial charge in [0, 0.05) is 34.3 Å². The summed E-state index contributed by atoms with van der Waals surface area (Å²) in [5, 5.41) is 0.712. The summed E-state index contributed by atoms with van der Waals surface area (Å²) in [5.74, 6) is 1.19. The molecular formula is C14H21ClN2S. The van der Waals surface area contributed by atoms with Crippen LogP contribution in [0.4, 0.5) is 5.69 Å². The van der Waals surface area contributed by atoms with Crippen molar-refractivity contribution in [3.63, 3.8) is 0 Å². The number of nitrogens with zero attached hydrogens (tertiary/aromatic N) is 1. The Balaban J connectivity index is 2.01. The van der Waals surface area contributed by atoms with Crippen molar-refractivity contribution in [2.24, 2.45) is 0 Å². The second kappa shape index (κ2) is 5.72. The minimum absolute atomic E-state index is 0.403. The number of hydrogen-bond donors (Lipinski definition) is 1. The highest BCUT2D eigenvalue weighted by molar-refractivity contribution is 8.00. The van der Waals surface area contributed by atoms with E-state index in [2.05, 4.69) is 30.5 Å². The van der Waals surface area contributed by atoms with Crippen molar-refractivity contribution in [1.82, 2.24) is 4.90 Å². The van der Waals surface area contributed by atoms with Crippen LogP contribution in [0.25, 0.3) is 0 Å². The summed E-state index contributed by atoms with van der Waals surface area (Å²) in [6, 6.07) is 5.80. The summed E-state index contributed by atoms with van der Waals surface area (Å²) in [4.78, 5) is 2.49. The summed E-state index contributed by atoms with van der Waals surface area (Å²) >= 11 is 7.99. The molecule has 100 valence electrons. The first-order valence-electron chi connectivity index (χ1n) is 6.36. The summed E-state index contributed by atoms with van der Waals surface area (Å²) in [6.07, 6.45) is 1.23. The van der Waals surface area contributed by atoms with Crippen molar-refractivity contribution in [1.29, 1.82) is 0 Å². The lowest BCUT2D eigenvalue weighted by Crippen LogP contribution is -2.27. The Kier molecular flexibility index (Phi) is 4.46. The Hall–Kier alpha value is -0.380. The van der Waals surface area contributed by atoms with Gasteiger partial charge < -0.3 is 5.73 Å². The third-order valence-corrected chi connectivity index (χ3v) is 5.04. The number of thioether (sulfide) groups is 1. The van der Waals surface area contributed by atoms with Crippen molar-refractivity contribution in [3.8, 4) is 0 Å². The largest absolute Gasteiger partial charge is 0.398 e. The number of nitrogen functional groups attached to an aromatic ring is 1. The Morgan fingerprint density at radius 2 is 2.17 bits per heavy atom. The molecule has 0 atom stereocenters. The molecule has 2 N–H and O–H groups in total. The molecule has 2 nitrogen and oxygen atoms in total. The molecule has 0 bridgehead atoms. The fraction of sp³-hybridized carbons (Fsp3) is 0.571. The predicted molar refractivity (Wildman–Crippen MR) is 82.3 cm³/mol. The third-order valence-electron chi connectivity index (χ3n) is 3.43. The summed E-state index contributed by atoms with van der Waals surface area (Å²) in [5.41, 5.74) is 8.00. The van der Waals surface area contributed by atoms with Crippen molar-refractivity contribution < 1.29 is 0 Å². The van der Waals surface area contributed by atoms with Gasteiger partial charge in [0.05, 0.1) is 0 Å². The second-order valence-electron chi connectivity index (χ2n) is 5.48. The van der Waals surface area contributed by atoms with Crippen LogP contribution in [0, 0.1) is 0 Å². The highest BCUT2D eigenvalue weighted by Gasteiger charge is 2.23. The fourth-order valence-electron chi connectivity index (χ4n) is 2.17. The molecule has 1 aromatic rings. The zero-order chi connectivity index (χ0) is 13.2. The van der Waals surface area contributed by atoms with Gasteiger partial charge in [-0.05, 0) is 30.7 Å². The van der Waals surface area contributed by atoms with Crippen molar-refractivity contribution >= 4 is 29.1 Å². The van der Waals surface area contributed by atoms with E-state index in [4.69, 9.17) is 17.3 Å². The maximum absolute atomic E-state index is 6.01. The molecule has 1 aliphatic rings. The van der Waals surface area contributed by atoms with Crippen LogP contribution in [0.2, 0.25) is 5.02 Å². The maximum Gasteiger partial charge on any atom is 0.0426 e. The first-order valence-corrected chi connectivity index (χ1v) is 7.73. The van der Waals surface area contributed by atoms with Gasteiger partial charge in [-0.2, -0.15) is 11.8 Å². The van der Waals surface area contributed by atoms with E-state index in [1.54, 1.807) is 0 Å². The molecule has 0 aromatic heterocycles. The average molecular weight is 285 g/mol. The summed E-state index contributed by atoms with van der Waals surface area (Å²) in [6.45, 7) is 7.87. The van der Waals surface area contributed by atoms with Crippen molar-refractivity contribution in [2.45, 2.75) is 31.6 Å². The molecule has 0 unspecified atom stereocenters. The highest BCUT2D eigenvalue weighted by atomic mass is 35.5. The van der Waals surface area contributed by atoms with E-state index >= 15 is 0 Å². The van der Waals surface area contributed by atoms with E-state index in [1.165, 1.54) is 17.7 Å². The minimum atomic E-state index is 0.403. The van der Waals surface area contributed by atoms with Crippen molar-refractivity contribution in [3.05, 3.63) is 28.8 Å². The zero-order valence-corrected chi connectivity index (χ0v) is 12.7. The van der Waals surface area contributed by atoms with Crippen LogP contribution >= 0.6 is 23.4 Å². The smallest absolute Gasteiger partial charge is 0.0426 e. The Morgan fingerprint density at radius 1 is 1.39 bits per heavy atom. The molecule has 18 heavy (non-hydrogen) atoms. The normalized spacial score (nSPS) is 20.6. The number of rotatable bonds is 2. The van der Waals surface area contributed by atoms with Crippen LogP contribution < -0.4 is 5.73 Å². The van der Waals surface area contributed by atoms with Crippen molar-refractivity contribution in [2.75, 3.05) is 24.6 Å². The minimum Gasteiger partial charge on any atom is -0.398 e. The maximum atomic E-state index is 6.01. The van der Waals surface area contributed by atoms with Crippen LogP contribution in [0.1, 0.15) is 25.8 Å². The standard InChI is InChI=1S/C14H21ClN2S/c1-14(2)5-6-17(7-8-18-14)10-11-3-4-12(15)9-13(11)16/h3-4,9H,5-8,10,16H2,1-2H3. The monoisotopic (exact) mass is 284 g/mol. The van der Waals surface area contributed by atoms with Gasteiger partial charge in [-0.1, -0.05) is 31.5 Å². The quantitative estimate of drug-likeness (QED) is 0.841. The van der Waals surface area contributed by atoms with E-state index in [-0.39, 0.29) is 0 Å². The molecule has 1 heterocycles. The first kappa shape index (κ1) is 14.0. The van der Waals surface area contributed by atoms with E-state index in [1.807, 2.05) is 18.2 Å². The average Bonchev–Trinajstić information content (AvgIpc) is 2.44. The molecule has 0 amide bonds. The van der Waals surface area contributed by atoms with Crippen LogP contribution in [0.3, 0.4) is 0 Å². The van der Waals surface area contributed by atoms with E-state index in [9.17, 15) is 0 Å². The van der Waals surface area contributed by atoms with Crippen LogP contribution in [0.15, 0.2) is 18.2 Å². The molecule has 1 aromatic carbocycles. The molecule has 0 aliphatic carbocycles. The molecule has 1 aliphatic heterocycles. The molecule has 0 radical (unpaired) electrons. The van der Waals surface area contributed by atoms with Gasteiger partial charge in [0.25, 0.3) is 0 Å². The first-order chi connectivity index (χ1) is 8.46. The van der Waals surface area contributed by atoms with Gasteiger partial charge in [-0.3, -0.25) is 4.90 Å². The fourth-order valence-corrected chi connectivity index (χ4v) is 3.49. The van der Waals surface area contributed by atoms with Gasteiger partial charge in [-0.25, -0.2) is 0 Å². The summed E-state index contributed by atoms with van der Waals surface area (Å²) in [7, 11) is 0. The van der Waals surface area contributed by atoms with E-state index < -0.39 is 0 Å². The molecule has 1 fully saturated rings. The van der Waals surface area contributed by atoms with Crippen LogP contribution in [0.5, 0.6) is 0 Å². The number of nitrogens with two attached hydrogens (primary N) is 1. The number of anilines is 1. The second-order valence-corrected chi connectivity index (χ2v) is 7.72. The molecule has 4 heteroatoms. The zero-order valence-electron chi connectivity index (χ0n) is 11.1. The number of benzene rings is 1. The summed E-state index contributed by atoms with van der Waals surface area (Å²) < 4.78 is 0.403. The molecule has 1 saturated heterocycles. The molecular weight excluding hydrogens is 264 g/mol. The Bertz CT molecular complexity index is 420. The lowest BCUT2D eigenvalue weighted by atomic mass is 10.1.